The van der Waals surface area contributed by atoms with Gasteiger partial charge in [0.2, 0.25) is 0 Å². The Morgan fingerprint density at radius 3 is 2.74 bits per heavy atom. The minimum Gasteiger partial charge on any atom is -0.487 e. The van der Waals surface area contributed by atoms with E-state index in [1.807, 2.05) is 18.2 Å². The molecule has 0 saturated heterocycles. The van der Waals surface area contributed by atoms with Crippen LogP contribution in [0, 0.1) is 0 Å². The van der Waals surface area contributed by atoms with E-state index in [2.05, 4.69) is 15.9 Å². The topological polar surface area (TPSA) is 49.7 Å². The molecule has 19 heavy (non-hydrogen) atoms. The molecule has 1 aliphatic carbocycles. The van der Waals surface area contributed by atoms with Crippen molar-refractivity contribution in [3.63, 3.8) is 0 Å². The van der Waals surface area contributed by atoms with Crippen LogP contribution < -0.4 is 4.74 Å². The minimum absolute atomic E-state index is 0.172. The van der Waals surface area contributed by atoms with E-state index in [9.17, 15) is 10.2 Å². The summed E-state index contributed by atoms with van der Waals surface area (Å²) in [6.07, 6.45) is 3.79. The highest BCUT2D eigenvalue weighted by atomic mass is 79.9. The third kappa shape index (κ3) is 3.94. The van der Waals surface area contributed by atoms with Gasteiger partial charge in [-0.3, -0.25) is 0 Å². The molecule has 1 aliphatic rings. The predicted octanol–water partition coefficient (Wildman–Crippen LogP) is 3.57. The summed E-state index contributed by atoms with van der Waals surface area (Å²) in [6, 6.07) is 5.60. The van der Waals surface area contributed by atoms with Crippen molar-refractivity contribution in [3.05, 3.63) is 28.2 Å². The zero-order valence-corrected chi connectivity index (χ0v) is 12.8. The van der Waals surface area contributed by atoms with Crippen LogP contribution >= 0.6 is 15.9 Å². The fourth-order valence-electron chi connectivity index (χ4n) is 2.51. The molecule has 1 saturated carbocycles. The van der Waals surface area contributed by atoms with Crippen LogP contribution in [0.25, 0.3) is 0 Å². The lowest BCUT2D eigenvalue weighted by atomic mass is 10.1. The number of ether oxygens (including phenoxy) is 1. The zero-order chi connectivity index (χ0) is 13.8. The summed E-state index contributed by atoms with van der Waals surface area (Å²) in [5.74, 6) is 0.662. The summed E-state index contributed by atoms with van der Waals surface area (Å²) in [5, 5.41) is 19.9. The van der Waals surface area contributed by atoms with E-state index in [0.717, 1.165) is 42.1 Å². The van der Waals surface area contributed by atoms with E-state index >= 15 is 0 Å². The van der Waals surface area contributed by atoms with Gasteiger partial charge in [0, 0.05) is 10.0 Å². The molecule has 0 amide bonds. The first kappa shape index (κ1) is 14.8. The van der Waals surface area contributed by atoms with Crippen molar-refractivity contribution in [2.45, 2.75) is 57.3 Å². The fraction of sp³-hybridized carbons (Fsp3) is 0.600. The van der Waals surface area contributed by atoms with Crippen LogP contribution in [0.15, 0.2) is 22.7 Å². The van der Waals surface area contributed by atoms with Gasteiger partial charge in [-0.25, -0.2) is 0 Å². The molecule has 3 atom stereocenters. The van der Waals surface area contributed by atoms with Gasteiger partial charge in [-0.1, -0.05) is 34.8 Å². The number of rotatable bonds is 3. The lowest BCUT2D eigenvalue weighted by Crippen LogP contribution is -2.30. The standard InChI is InChI=1S/C15H21BrO3/c1-10(17)12-8-7-11(16)9-15(12)19-14-6-4-2-3-5-13(14)18/h7-10,13-14,17-18H,2-6H2,1H3/t10-,13?,14?/m1/s1. The molecule has 0 heterocycles. The quantitative estimate of drug-likeness (QED) is 0.834. The van der Waals surface area contributed by atoms with Gasteiger partial charge in [0.1, 0.15) is 11.9 Å². The van der Waals surface area contributed by atoms with Gasteiger partial charge in [0.25, 0.3) is 0 Å². The third-order valence-electron chi connectivity index (χ3n) is 3.62. The smallest absolute Gasteiger partial charge is 0.126 e. The number of benzene rings is 1. The van der Waals surface area contributed by atoms with Gasteiger partial charge >= 0.3 is 0 Å². The SMILES string of the molecule is C[C@@H](O)c1ccc(Br)cc1OC1CCCCCC1O. The first-order valence-corrected chi connectivity index (χ1v) is 7.69. The lowest BCUT2D eigenvalue weighted by Gasteiger charge is -2.24. The molecule has 0 spiro atoms. The van der Waals surface area contributed by atoms with Crippen molar-refractivity contribution in [1.82, 2.24) is 0 Å². The molecule has 2 rings (SSSR count). The second kappa shape index (κ2) is 6.73. The average Bonchev–Trinajstić information content (AvgIpc) is 2.55. The Morgan fingerprint density at radius 1 is 1.26 bits per heavy atom. The fourth-order valence-corrected chi connectivity index (χ4v) is 2.85. The van der Waals surface area contributed by atoms with Crippen LogP contribution in [0.5, 0.6) is 5.75 Å². The summed E-state index contributed by atoms with van der Waals surface area (Å²) in [5.41, 5.74) is 0.764. The largest absolute Gasteiger partial charge is 0.487 e. The Hall–Kier alpha value is -0.580. The first-order chi connectivity index (χ1) is 9.08. The van der Waals surface area contributed by atoms with Gasteiger partial charge in [0.15, 0.2) is 0 Å². The van der Waals surface area contributed by atoms with Gasteiger partial charge in [-0.05, 0) is 38.3 Å². The number of aliphatic hydroxyl groups excluding tert-OH is 2. The van der Waals surface area contributed by atoms with Gasteiger partial charge in [-0.2, -0.15) is 0 Å². The Morgan fingerprint density at radius 2 is 2.00 bits per heavy atom. The minimum atomic E-state index is -0.578. The Balaban J connectivity index is 2.18. The number of halogens is 1. The average molecular weight is 329 g/mol. The molecule has 2 N–H and O–H groups in total. The third-order valence-corrected chi connectivity index (χ3v) is 4.11. The molecule has 0 aromatic heterocycles. The van der Waals surface area contributed by atoms with Crippen molar-refractivity contribution in [1.29, 1.82) is 0 Å². The Labute approximate surface area is 122 Å². The van der Waals surface area contributed by atoms with Gasteiger partial charge in [-0.15, -0.1) is 0 Å². The Bertz CT molecular complexity index is 420. The highest BCUT2D eigenvalue weighted by Crippen LogP contribution is 2.31. The van der Waals surface area contributed by atoms with E-state index in [1.54, 1.807) is 6.92 Å². The highest BCUT2D eigenvalue weighted by molar-refractivity contribution is 9.10. The van der Waals surface area contributed by atoms with Gasteiger partial charge < -0.3 is 14.9 Å². The van der Waals surface area contributed by atoms with E-state index in [-0.39, 0.29) is 6.10 Å². The van der Waals surface area contributed by atoms with Crippen molar-refractivity contribution in [3.8, 4) is 5.75 Å². The number of hydrogen-bond acceptors (Lipinski definition) is 3. The van der Waals surface area contributed by atoms with Crippen molar-refractivity contribution in [2.75, 3.05) is 0 Å². The molecule has 106 valence electrons. The van der Waals surface area contributed by atoms with Crippen LogP contribution in [-0.2, 0) is 0 Å². The van der Waals surface area contributed by atoms with E-state index in [1.165, 1.54) is 0 Å². The molecule has 0 radical (unpaired) electrons. The van der Waals surface area contributed by atoms with Crippen LogP contribution in [-0.4, -0.2) is 22.4 Å². The zero-order valence-electron chi connectivity index (χ0n) is 11.2. The molecular formula is C15H21BrO3. The highest BCUT2D eigenvalue weighted by Gasteiger charge is 2.24. The van der Waals surface area contributed by atoms with Crippen LogP contribution in [0.4, 0.5) is 0 Å². The van der Waals surface area contributed by atoms with Crippen LogP contribution in [0.2, 0.25) is 0 Å². The van der Waals surface area contributed by atoms with E-state index in [4.69, 9.17) is 4.74 Å². The summed E-state index contributed by atoms with van der Waals surface area (Å²) in [6.45, 7) is 1.72. The monoisotopic (exact) mass is 328 g/mol. The second-order valence-corrected chi connectivity index (χ2v) is 6.14. The van der Waals surface area contributed by atoms with Crippen molar-refractivity contribution in [2.24, 2.45) is 0 Å². The molecular weight excluding hydrogens is 308 g/mol. The molecule has 3 nitrogen and oxygen atoms in total. The second-order valence-electron chi connectivity index (χ2n) is 5.22. The van der Waals surface area contributed by atoms with Crippen molar-refractivity contribution < 1.29 is 14.9 Å². The summed E-state index contributed by atoms with van der Waals surface area (Å²) in [4.78, 5) is 0. The van der Waals surface area contributed by atoms with Crippen LogP contribution in [0.1, 0.15) is 50.7 Å². The molecule has 0 bridgehead atoms. The normalized spacial score (nSPS) is 25.7. The van der Waals surface area contributed by atoms with Crippen LogP contribution in [0.3, 0.4) is 0 Å². The van der Waals surface area contributed by atoms with E-state index in [0.29, 0.717) is 5.75 Å². The summed E-state index contributed by atoms with van der Waals surface area (Å²) >= 11 is 3.42. The van der Waals surface area contributed by atoms with Gasteiger partial charge in [0.05, 0.1) is 12.2 Å². The van der Waals surface area contributed by atoms with Crippen molar-refractivity contribution >= 4 is 15.9 Å². The maximum Gasteiger partial charge on any atom is 0.126 e. The number of aliphatic hydroxyl groups is 2. The maximum absolute atomic E-state index is 10.1. The summed E-state index contributed by atoms with van der Waals surface area (Å²) < 4.78 is 6.89. The van der Waals surface area contributed by atoms with E-state index < -0.39 is 12.2 Å². The maximum atomic E-state index is 10.1. The molecule has 1 aromatic carbocycles. The molecule has 1 fully saturated rings. The summed E-state index contributed by atoms with van der Waals surface area (Å²) in [7, 11) is 0. The molecule has 4 heteroatoms. The molecule has 2 unspecified atom stereocenters. The lowest BCUT2D eigenvalue weighted by molar-refractivity contribution is 0.0299. The Kier molecular flexibility index (Phi) is 5.25. The first-order valence-electron chi connectivity index (χ1n) is 6.90. The molecule has 0 aliphatic heterocycles. The molecule has 1 aromatic rings. The predicted molar refractivity (Wildman–Crippen MR) is 78.3 cm³/mol. The number of hydrogen-bond donors (Lipinski definition) is 2.